The molecule has 1 aromatic rings. The summed E-state index contributed by atoms with van der Waals surface area (Å²) in [6.45, 7) is 0.894. The molecule has 0 atom stereocenters. The summed E-state index contributed by atoms with van der Waals surface area (Å²) in [6.07, 6.45) is -4.69. The van der Waals surface area contributed by atoms with Gasteiger partial charge >= 0.3 is 6.18 Å². The van der Waals surface area contributed by atoms with Crippen LogP contribution in [-0.2, 0) is 6.18 Å². The number of nitrogens with one attached hydrogen (secondary N) is 1. The predicted molar refractivity (Wildman–Crippen MR) is 62.9 cm³/mol. The molecule has 3 N–H and O–H groups in total. The van der Waals surface area contributed by atoms with Crippen LogP contribution in [0, 0.1) is 5.41 Å². The molecule has 5 nitrogen and oxygen atoms in total. The molecule has 0 radical (unpaired) electrons. The largest absolute Gasteiger partial charge is 0.433 e. The summed E-state index contributed by atoms with van der Waals surface area (Å²) >= 11 is 0.834. The van der Waals surface area contributed by atoms with Crippen LogP contribution in [0.4, 0.5) is 13.2 Å². The number of rotatable bonds is 5. The van der Waals surface area contributed by atoms with Gasteiger partial charge in [0.05, 0.1) is 13.2 Å². The minimum Gasteiger partial charge on any atom is -0.396 e. The van der Waals surface area contributed by atoms with Gasteiger partial charge < -0.3 is 15.2 Å². The number of thioether (sulfide) groups is 1. The van der Waals surface area contributed by atoms with Crippen LogP contribution in [-0.4, -0.2) is 39.1 Å². The Balaban J connectivity index is 2.91. The van der Waals surface area contributed by atoms with Gasteiger partial charge in [-0.25, -0.2) is 4.98 Å². The molecule has 1 rings (SSSR count). The Bertz CT molecular complexity index is 486. The fourth-order valence-electron chi connectivity index (χ4n) is 1.03. The Labute approximate surface area is 110 Å². The first kappa shape index (κ1) is 16.0. The van der Waals surface area contributed by atoms with Gasteiger partial charge in [0.2, 0.25) is 0 Å². The maximum atomic E-state index is 12.4. The maximum Gasteiger partial charge on any atom is 0.433 e. The Hall–Kier alpha value is -1.06. The second-order valence-electron chi connectivity index (χ2n) is 4.35. The molecule has 0 bridgehead atoms. The van der Waals surface area contributed by atoms with E-state index < -0.39 is 22.8 Å². The third-order valence-electron chi connectivity index (χ3n) is 2.33. The summed E-state index contributed by atoms with van der Waals surface area (Å²) in [5, 5.41) is 17.9. The van der Waals surface area contributed by atoms with Gasteiger partial charge in [0.15, 0.2) is 10.9 Å². The predicted octanol–water partition coefficient (Wildman–Crippen LogP) is 0.872. The minimum absolute atomic E-state index is 0.115. The number of H-pyrrole nitrogens is 1. The lowest BCUT2D eigenvalue weighted by Crippen LogP contribution is -2.29. The topological polar surface area (TPSA) is 86.2 Å². The molecule has 0 fully saturated rings. The van der Waals surface area contributed by atoms with E-state index in [0.717, 1.165) is 11.8 Å². The molecule has 0 unspecified atom stereocenters. The molecule has 9 heteroatoms. The van der Waals surface area contributed by atoms with Crippen LogP contribution in [0.15, 0.2) is 16.0 Å². The summed E-state index contributed by atoms with van der Waals surface area (Å²) < 4.78 is 37.3. The number of alkyl halides is 3. The van der Waals surface area contributed by atoms with E-state index in [1.807, 2.05) is 0 Å². The van der Waals surface area contributed by atoms with Gasteiger partial charge in [-0.1, -0.05) is 18.7 Å². The van der Waals surface area contributed by atoms with E-state index in [-0.39, 0.29) is 24.1 Å². The molecular formula is C10H13F3N2O3S. The van der Waals surface area contributed by atoms with Crippen LogP contribution >= 0.6 is 11.8 Å². The first-order valence-corrected chi connectivity index (χ1v) is 6.22. The Morgan fingerprint density at radius 1 is 1.37 bits per heavy atom. The fraction of sp³-hybridized carbons (Fsp3) is 0.600. The molecule has 0 aliphatic carbocycles. The van der Waals surface area contributed by atoms with Crippen LogP contribution in [0.2, 0.25) is 0 Å². The Morgan fingerprint density at radius 2 is 1.95 bits per heavy atom. The van der Waals surface area contributed by atoms with E-state index in [0.29, 0.717) is 6.07 Å². The zero-order valence-corrected chi connectivity index (χ0v) is 10.8. The lowest BCUT2D eigenvalue weighted by Gasteiger charge is -2.23. The second kappa shape index (κ2) is 5.93. The Morgan fingerprint density at radius 3 is 2.42 bits per heavy atom. The molecule has 0 saturated heterocycles. The van der Waals surface area contributed by atoms with E-state index >= 15 is 0 Å². The zero-order valence-electron chi connectivity index (χ0n) is 9.99. The van der Waals surface area contributed by atoms with Gasteiger partial charge in [0.1, 0.15) is 0 Å². The molecule has 0 aromatic carbocycles. The van der Waals surface area contributed by atoms with Crippen LogP contribution in [0.5, 0.6) is 0 Å². The molecule has 0 aliphatic rings. The molecule has 108 valence electrons. The van der Waals surface area contributed by atoms with Crippen molar-refractivity contribution >= 4 is 11.8 Å². The highest BCUT2D eigenvalue weighted by molar-refractivity contribution is 7.99. The van der Waals surface area contributed by atoms with Crippen molar-refractivity contribution in [3.63, 3.8) is 0 Å². The first-order chi connectivity index (χ1) is 8.70. The van der Waals surface area contributed by atoms with Crippen LogP contribution in [0.25, 0.3) is 0 Å². The van der Waals surface area contributed by atoms with Crippen molar-refractivity contribution in [1.29, 1.82) is 0 Å². The normalized spacial score (nSPS) is 12.7. The molecular weight excluding hydrogens is 285 g/mol. The van der Waals surface area contributed by atoms with Gasteiger partial charge in [-0.05, 0) is 0 Å². The van der Waals surface area contributed by atoms with E-state index in [1.54, 1.807) is 6.92 Å². The van der Waals surface area contributed by atoms with Gasteiger partial charge in [-0.2, -0.15) is 13.2 Å². The molecule has 0 spiro atoms. The van der Waals surface area contributed by atoms with Crippen molar-refractivity contribution in [2.75, 3.05) is 19.0 Å². The van der Waals surface area contributed by atoms with Crippen LogP contribution < -0.4 is 5.56 Å². The maximum absolute atomic E-state index is 12.4. The average Bonchev–Trinajstić information content (AvgIpc) is 2.34. The number of aliphatic hydroxyl groups excluding tert-OH is 2. The van der Waals surface area contributed by atoms with Gasteiger partial charge in [0, 0.05) is 17.2 Å². The summed E-state index contributed by atoms with van der Waals surface area (Å²) in [5.74, 6) is 0.115. The lowest BCUT2D eigenvalue weighted by atomic mass is 9.96. The van der Waals surface area contributed by atoms with Gasteiger partial charge in [-0.15, -0.1) is 0 Å². The van der Waals surface area contributed by atoms with Crippen molar-refractivity contribution in [1.82, 2.24) is 9.97 Å². The average molecular weight is 298 g/mol. The third-order valence-corrected chi connectivity index (χ3v) is 3.64. The SMILES string of the molecule is CC(CO)(CO)CSc1nc(C(F)(F)F)cc(=O)[nH]1. The van der Waals surface area contributed by atoms with E-state index in [2.05, 4.69) is 9.97 Å². The highest BCUT2D eigenvalue weighted by Crippen LogP contribution is 2.29. The summed E-state index contributed by atoms with van der Waals surface area (Å²) in [7, 11) is 0. The fourth-order valence-corrected chi connectivity index (χ4v) is 2.04. The van der Waals surface area contributed by atoms with Crippen molar-refractivity contribution in [3.05, 3.63) is 22.1 Å². The molecule has 1 aromatic heterocycles. The molecule has 0 amide bonds. The van der Waals surface area contributed by atoms with Crippen molar-refractivity contribution in [2.24, 2.45) is 5.41 Å². The minimum atomic E-state index is -4.69. The number of hydrogen-bond donors (Lipinski definition) is 3. The van der Waals surface area contributed by atoms with E-state index in [4.69, 9.17) is 10.2 Å². The van der Waals surface area contributed by atoms with Crippen LogP contribution in [0.1, 0.15) is 12.6 Å². The molecule has 0 aliphatic heterocycles. The number of aliphatic hydroxyl groups is 2. The van der Waals surface area contributed by atoms with Gasteiger partial charge in [-0.3, -0.25) is 4.79 Å². The van der Waals surface area contributed by atoms with Crippen LogP contribution in [0.3, 0.4) is 0 Å². The molecule has 0 saturated carbocycles. The highest BCUT2D eigenvalue weighted by Gasteiger charge is 2.33. The summed E-state index contributed by atoms with van der Waals surface area (Å²) in [6, 6.07) is 0.376. The second-order valence-corrected chi connectivity index (χ2v) is 5.31. The number of hydrogen-bond acceptors (Lipinski definition) is 5. The third kappa shape index (κ3) is 4.51. The quantitative estimate of drug-likeness (QED) is 0.555. The highest BCUT2D eigenvalue weighted by atomic mass is 32.2. The van der Waals surface area contributed by atoms with Crippen molar-refractivity contribution in [2.45, 2.75) is 18.3 Å². The molecule has 19 heavy (non-hydrogen) atoms. The van der Waals surface area contributed by atoms with E-state index in [9.17, 15) is 18.0 Å². The lowest BCUT2D eigenvalue weighted by molar-refractivity contribution is -0.141. The Kier molecular flexibility index (Phi) is 4.99. The number of aromatic amines is 1. The molecule has 1 heterocycles. The first-order valence-electron chi connectivity index (χ1n) is 5.23. The number of halogens is 3. The smallest absolute Gasteiger partial charge is 0.396 e. The monoisotopic (exact) mass is 298 g/mol. The van der Waals surface area contributed by atoms with E-state index in [1.165, 1.54) is 0 Å². The van der Waals surface area contributed by atoms with Gasteiger partial charge in [0.25, 0.3) is 5.56 Å². The summed E-state index contributed by atoms with van der Waals surface area (Å²) in [5.41, 5.74) is -3.04. The number of nitrogens with zero attached hydrogens (tertiary/aromatic N) is 1. The standard InChI is InChI=1S/C10H13F3N2O3S/c1-9(3-16,4-17)5-19-8-14-6(10(11,12)13)2-7(18)15-8/h2,16-17H,3-5H2,1H3,(H,14,15,18). The van der Waals surface area contributed by atoms with Crippen molar-refractivity contribution in [3.8, 4) is 0 Å². The number of aromatic nitrogens is 2. The van der Waals surface area contributed by atoms with Crippen molar-refractivity contribution < 1.29 is 23.4 Å². The summed E-state index contributed by atoms with van der Waals surface area (Å²) in [4.78, 5) is 16.6. The zero-order chi connectivity index (χ0) is 14.7.